The summed E-state index contributed by atoms with van der Waals surface area (Å²) < 4.78 is 32.1. The molecule has 2 aromatic carbocycles. The van der Waals surface area contributed by atoms with Crippen molar-refractivity contribution in [3.8, 4) is 0 Å². The minimum absolute atomic E-state index is 0.0176. The maximum absolute atomic E-state index is 12.8. The molecule has 2 aliphatic rings. The van der Waals surface area contributed by atoms with E-state index in [0.29, 0.717) is 25.9 Å². The smallest absolute Gasteiger partial charge is 0.411 e. The first kappa shape index (κ1) is 23.3. The largest absolute Gasteiger partial charge is 0.439 e. The van der Waals surface area contributed by atoms with Gasteiger partial charge in [0, 0.05) is 26.2 Å². The van der Waals surface area contributed by atoms with Gasteiger partial charge in [-0.15, -0.1) is 0 Å². The minimum Gasteiger partial charge on any atom is -0.439 e. The fourth-order valence-corrected chi connectivity index (χ4v) is 5.73. The van der Waals surface area contributed by atoms with Crippen LogP contribution in [0, 0.1) is 0 Å². The molecule has 0 aromatic heterocycles. The molecule has 2 atom stereocenters. The van der Waals surface area contributed by atoms with Crippen molar-refractivity contribution in [2.45, 2.75) is 42.8 Å². The first-order valence-electron chi connectivity index (χ1n) is 11.1. The summed E-state index contributed by atoms with van der Waals surface area (Å²) in [5.74, 6) is -0.241. The Labute approximate surface area is 194 Å². The number of hydrogen-bond acceptors (Lipinski definition) is 5. The van der Waals surface area contributed by atoms with Gasteiger partial charge in [-0.3, -0.25) is 9.69 Å². The Hall–Kier alpha value is -2.91. The van der Waals surface area contributed by atoms with Gasteiger partial charge in [0.2, 0.25) is 15.9 Å². The third kappa shape index (κ3) is 4.74. The van der Waals surface area contributed by atoms with Crippen molar-refractivity contribution >= 4 is 22.0 Å². The molecule has 0 bridgehead atoms. The number of rotatable bonds is 6. The van der Waals surface area contributed by atoms with Crippen LogP contribution in [0.4, 0.5) is 4.79 Å². The molecular weight excluding hydrogens is 442 g/mol. The van der Waals surface area contributed by atoms with E-state index in [4.69, 9.17) is 4.74 Å². The summed E-state index contributed by atoms with van der Waals surface area (Å²) in [5.41, 5.74) is 0.969. The highest BCUT2D eigenvalue weighted by Crippen LogP contribution is 2.35. The van der Waals surface area contributed by atoms with Gasteiger partial charge in [0.15, 0.2) is 0 Å². The second-order valence-electron chi connectivity index (χ2n) is 8.55. The highest BCUT2D eigenvalue weighted by molar-refractivity contribution is 7.89. The molecule has 2 aromatic rings. The van der Waals surface area contributed by atoms with Gasteiger partial charge in [-0.2, -0.15) is 4.31 Å². The predicted octanol–water partition coefficient (Wildman–Crippen LogP) is 2.88. The number of likely N-dealkylation sites (tertiary alicyclic amines) is 1. The van der Waals surface area contributed by atoms with Gasteiger partial charge in [-0.1, -0.05) is 48.5 Å². The molecule has 2 amide bonds. The summed E-state index contributed by atoms with van der Waals surface area (Å²) in [7, 11) is -2.31. The SMILES string of the molecule is C[C@H]1[C@@H](c2ccccc2)OC(=O)N1C1CCN(C(=O)CN(C)S(=O)(=O)c2ccccc2)CC1. The summed E-state index contributed by atoms with van der Waals surface area (Å²) in [5, 5.41) is 0. The molecular formula is C24H29N3O5S. The number of cyclic esters (lactones) is 1. The van der Waals surface area contributed by atoms with Gasteiger partial charge in [-0.25, -0.2) is 13.2 Å². The number of nitrogens with zero attached hydrogens (tertiary/aromatic N) is 3. The Morgan fingerprint density at radius 1 is 1.03 bits per heavy atom. The lowest BCUT2D eigenvalue weighted by atomic mass is 9.98. The van der Waals surface area contributed by atoms with Crippen LogP contribution < -0.4 is 0 Å². The van der Waals surface area contributed by atoms with Crippen molar-refractivity contribution in [2.24, 2.45) is 0 Å². The number of benzene rings is 2. The zero-order valence-electron chi connectivity index (χ0n) is 18.8. The third-order valence-electron chi connectivity index (χ3n) is 6.46. The zero-order chi connectivity index (χ0) is 23.6. The molecule has 0 unspecified atom stereocenters. The number of amides is 2. The summed E-state index contributed by atoms with van der Waals surface area (Å²) in [4.78, 5) is 29.1. The first-order chi connectivity index (χ1) is 15.8. The molecule has 8 nitrogen and oxygen atoms in total. The summed E-state index contributed by atoms with van der Waals surface area (Å²) in [6, 6.07) is 17.7. The van der Waals surface area contributed by atoms with E-state index in [0.717, 1.165) is 9.87 Å². The van der Waals surface area contributed by atoms with Crippen LogP contribution in [0.25, 0.3) is 0 Å². The van der Waals surface area contributed by atoms with Crippen LogP contribution >= 0.6 is 0 Å². The van der Waals surface area contributed by atoms with Crippen molar-refractivity contribution in [3.05, 3.63) is 66.2 Å². The Morgan fingerprint density at radius 2 is 1.61 bits per heavy atom. The molecule has 0 aliphatic carbocycles. The second-order valence-corrected chi connectivity index (χ2v) is 10.6. The van der Waals surface area contributed by atoms with Crippen LogP contribution in [-0.2, 0) is 19.6 Å². The highest BCUT2D eigenvalue weighted by atomic mass is 32.2. The van der Waals surface area contributed by atoms with Crippen molar-refractivity contribution in [1.29, 1.82) is 0 Å². The molecule has 0 spiro atoms. The van der Waals surface area contributed by atoms with Gasteiger partial charge in [-0.05, 0) is 37.5 Å². The molecule has 0 N–H and O–H groups in total. The van der Waals surface area contributed by atoms with E-state index in [1.165, 1.54) is 19.2 Å². The minimum atomic E-state index is -3.73. The molecule has 2 heterocycles. The zero-order valence-corrected chi connectivity index (χ0v) is 19.6. The van der Waals surface area contributed by atoms with Gasteiger partial charge in [0.25, 0.3) is 0 Å². The average molecular weight is 472 g/mol. The molecule has 4 rings (SSSR count). The Morgan fingerprint density at radius 3 is 2.21 bits per heavy atom. The molecule has 9 heteroatoms. The van der Waals surface area contributed by atoms with E-state index in [1.54, 1.807) is 28.0 Å². The summed E-state index contributed by atoms with van der Waals surface area (Å²) in [6.07, 6.45) is 0.619. The van der Waals surface area contributed by atoms with Crippen LogP contribution in [0.3, 0.4) is 0 Å². The quantitative estimate of drug-likeness (QED) is 0.647. The average Bonchev–Trinajstić information content (AvgIpc) is 3.14. The Kier molecular flexibility index (Phi) is 6.71. The van der Waals surface area contributed by atoms with Gasteiger partial charge >= 0.3 is 6.09 Å². The lowest BCUT2D eigenvalue weighted by molar-refractivity contribution is -0.132. The van der Waals surface area contributed by atoms with E-state index >= 15 is 0 Å². The second kappa shape index (κ2) is 9.52. The number of carbonyl (C=O) groups is 2. The molecule has 2 saturated heterocycles. The van der Waals surface area contributed by atoms with Crippen molar-refractivity contribution in [2.75, 3.05) is 26.7 Å². The molecule has 2 fully saturated rings. The number of carbonyl (C=O) groups excluding carboxylic acids is 2. The maximum Gasteiger partial charge on any atom is 0.411 e. The van der Waals surface area contributed by atoms with Gasteiger partial charge < -0.3 is 9.64 Å². The number of piperidine rings is 1. The van der Waals surface area contributed by atoms with Crippen LogP contribution in [0.15, 0.2) is 65.6 Å². The highest BCUT2D eigenvalue weighted by Gasteiger charge is 2.44. The molecule has 176 valence electrons. The molecule has 33 heavy (non-hydrogen) atoms. The fourth-order valence-electron chi connectivity index (χ4n) is 4.59. The van der Waals surface area contributed by atoms with E-state index < -0.39 is 10.0 Å². The first-order valence-corrected chi connectivity index (χ1v) is 12.6. The number of likely N-dealkylation sites (N-methyl/N-ethyl adjacent to an activating group) is 1. The van der Waals surface area contributed by atoms with E-state index in [2.05, 4.69) is 0 Å². The molecule has 0 radical (unpaired) electrons. The number of sulfonamides is 1. The summed E-state index contributed by atoms with van der Waals surface area (Å²) in [6.45, 7) is 2.70. The number of hydrogen-bond donors (Lipinski definition) is 0. The van der Waals surface area contributed by atoms with Gasteiger partial charge in [0.1, 0.15) is 6.10 Å². The monoisotopic (exact) mass is 471 g/mol. The lowest BCUT2D eigenvalue weighted by Gasteiger charge is -2.38. The van der Waals surface area contributed by atoms with E-state index in [1.807, 2.05) is 37.3 Å². The van der Waals surface area contributed by atoms with Crippen LogP contribution in [0.1, 0.15) is 31.4 Å². The molecule has 2 aliphatic heterocycles. The van der Waals surface area contributed by atoms with E-state index in [-0.39, 0.29) is 41.6 Å². The Bertz CT molecular complexity index is 1090. The van der Waals surface area contributed by atoms with Crippen LogP contribution in [0.5, 0.6) is 0 Å². The summed E-state index contributed by atoms with van der Waals surface area (Å²) >= 11 is 0. The Balaban J connectivity index is 1.34. The van der Waals surface area contributed by atoms with Crippen LogP contribution in [0.2, 0.25) is 0 Å². The van der Waals surface area contributed by atoms with Crippen LogP contribution in [-0.4, -0.2) is 73.3 Å². The maximum atomic E-state index is 12.8. The van der Waals surface area contributed by atoms with Gasteiger partial charge in [0.05, 0.1) is 17.5 Å². The van der Waals surface area contributed by atoms with Crippen molar-refractivity contribution < 1.29 is 22.7 Å². The fraction of sp³-hybridized carbons (Fsp3) is 0.417. The van der Waals surface area contributed by atoms with E-state index in [9.17, 15) is 18.0 Å². The molecule has 0 saturated carbocycles. The third-order valence-corrected chi connectivity index (χ3v) is 8.28. The van der Waals surface area contributed by atoms with Crippen molar-refractivity contribution in [3.63, 3.8) is 0 Å². The predicted molar refractivity (Wildman–Crippen MR) is 123 cm³/mol. The standard InChI is InChI=1S/C24H29N3O5S/c1-18-23(19-9-5-3-6-10-19)32-24(29)27(18)20-13-15-26(16-14-20)22(28)17-25(2)33(30,31)21-11-7-4-8-12-21/h3-12,18,20,23H,13-17H2,1-2H3/t18-,23-/m0/s1. The number of ether oxygens (including phenoxy) is 1. The lowest BCUT2D eigenvalue weighted by Crippen LogP contribution is -2.51. The normalized spacial score (nSPS) is 22.0. The topological polar surface area (TPSA) is 87.2 Å². The van der Waals surface area contributed by atoms with Crippen molar-refractivity contribution in [1.82, 2.24) is 14.1 Å².